The minimum absolute atomic E-state index is 0.149. The molecule has 0 fully saturated rings. The van der Waals surface area contributed by atoms with Crippen molar-refractivity contribution in [2.45, 2.75) is 51.9 Å². The summed E-state index contributed by atoms with van der Waals surface area (Å²) in [4.78, 5) is 11.1. The fourth-order valence-corrected chi connectivity index (χ4v) is 3.11. The van der Waals surface area contributed by atoms with E-state index in [9.17, 15) is 4.79 Å². The van der Waals surface area contributed by atoms with Crippen LogP contribution in [0.5, 0.6) is 0 Å². The zero-order chi connectivity index (χ0) is 17.0. The summed E-state index contributed by atoms with van der Waals surface area (Å²) >= 11 is 0. The second-order valence-corrected chi connectivity index (χ2v) is 11.5. The van der Waals surface area contributed by atoms with E-state index in [0.29, 0.717) is 6.61 Å². The van der Waals surface area contributed by atoms with Crippen LogP contribution in [0.15, 0.2) is 18.3 Å². The maximum absolute atomic E-state index is 11.1. The smallest absolute Gasteiger partial charge is 0.302 e. The van der Waals surface area contributed by atoms with E-state index >= 15 is 0 Å². The Hall–Kier alpha value is -1.51. The van der Waals surface area contributed by atoms with Crippen LogP contribution in [-0.4, -0.2) is 54.6 Å². The van der Waals surface area contributed by atoms with Crippen LogP contribution in [0, 0.1) is 0 Å². The molecule has 1 aliphatic rings. The Kier molecular flexibility index (Phi) is 5.72. The van der Waals surface area contributed by atoms with Crippen molar-refractivity contribution in [2.75, 3.05) is 13.2 Å². The third kappa shape index (κ3) is 4.73. The Morgan fingerprint density at radius 1 is 1.39 bits per heavy atom. The lowest BCUT2D eigenvalue weighted by molar-refractivity contribution is -0.177. The van der Waals surface area contributed by atoms with Gasteiger partial charge in [-0.2, -0.15) is 0 Å². The van der Waals surface area contributed by atoms with Gasteiger partial charge in [0.25, 0.3) is 0 Å². The molecule has 0 radical (unpaired) electrons. The maximum atomic E-state index is 11.1. The number of carbonyl (C=O) groups is 1. The van der Waals surface area contributed by atoms with E-state index < -0.39 is 14.4 Å². The molecule has 0 spiro atoms. The molecular weight excluding hydrogens is 314 g/mol. The minimum Gasteiger partial charge on any atom is -0.463 e. The van der Waals surface area contributed by atoms with Crippen molar-refractivity contribution in [3.63, 3.8) is 0 Å². The first kappa shape index (κ1) is 17.8. The molecule has 23 heavy (non-hydrogen) atoms. The summed E-state index contributed by atoms with van der Waals surface area (Å²) in [5.74, 6) is -0.337. The third-order valence-electron chi connectivity index (χ3n) is 3.52. The molecule has 1 aromatic rings. The molecule has 0 N–H and O–H groups in total. The molecule has 0 aromatic carbocycles. The topological polar surface area (TPSA) is 75.5 Å². The van der Waals surface area contributed by atoms with E-state index in [4.69, 9.17) is 14.2 Å². The van der Waals surface area contributed by atoms with E-state index in [-0.39, 0.29) is 24.7 Å². The van der Waals surface area contributed by atoms with Crippen LogP contribution in [-0.2, 0) is 19.0 Å². The van der Waals surface area contributed by atoms with E-state index in [1.807, 2.05) is 25.3 Å². The molecule has 0 amide bonds. The van der Waals surface area contributed by atoms with Crippen LogP contribution in [0.1, 0.15) is 19.9 Å². The minimum atomic E-state index is -1.53. The largest absolute Gasteiger partial charge is 0.463 e. The van der Waals surface area contributed by atoms with Gasteiger partial charge >= 0.3 is 5.97 Å². The molecule has 1 aromatic heterocycles. The van der Waals surface area contributed by atoms with Crippen LogP contribution >= 0.6 is 0 Å². The quantitative estimate of drug-likeness (QED) is 0.441. The number of hydrogen-bond donors (Lipinski definition) is 0. The first-order chi connectivity index (χ1) is 10.8. The molecule has 128 valence electrons. The van der Waals surface area contributed by atoms with Gasteiger partial charge in [-0.05, 0) is 13.0 Å². The second kappa shape index (κ2) is 7.37. The summed E-state index contributed by atoms with van der Waals surface area (Å²) in [6.07, 6.45) is 5.00. The van der Waals surface area contributed by atoms with Gasteiger partial charge in [-0.25, -0.2) is 4.68 Å². The van der Waals surface area contributed by atoms with E-state index in [2.05, 4.69) is 30.0 Å². The first-order valence-electron chi connectivity index (χ1n) is 7.82. The monoisotopic (exact) mass is 339 g/mol. The number of ether oxygens (including phenoxy) is 3. The van der Waals surface area contributed by atoms with Gasteiger partial charge in [-0.3, -0.25) is 4.79 Å². The highest BCUT2D eigenvalue weighted by atomic mass is 28.3. The van der Waals surface area contributed by atoms with Crippen molar-refractivity contribution in [3.8, 4) is 0 Å². The highest BCUT2D eigenvalue weighted by Gasteiger charge is 2.32. The van der Waals surface area contributed by atoms with Crippen molar-refractivity contribution in [1.82, 2.24) is 15.0 Å². The van der Waals surface area contributed by atoms with Gasteiger partial charge in [0.05, 0.1) is 5.32 Å². The molecule has 3 atom stereocenters. The third-order valence-corrected chi connectivity index (χ3v) is 5.29. The van der Waals surface area contributed by atoms with Crippen molar-refractivity contribution in [1.29, 1.82) is 0 Å². The Balaban J connectivity index is 2.19. The highest BCUT2D eigenvalue weighted by Crippen LogP contribution is 2.24. The van der Waals surface area contributed by atoms with Crippen molar-refractivity contribution < 1.29 is 19.0 Å². The number of esters is 1. The van der Waals surface area contributed by atoms with Gasteiger partial charge in [-0.15, -0.1) is 5.10 Å². The number of rotatable bonds is 6. The van der Waals surface area contributed by atoms with Crippen LogP contribution < -0.4 is 5.32 Å². The zero-order valence-corrected chi connectivity index (χ0v) is 15.4. The molecule has 8 heteroatoms. The Labute approximate surface area is 137 Å². The van der Waals surface area contributed by atoms with E-state index in [1.165, 1.54) is 6.92 Å². The van der Waals surface area contributed by atoms with Gasteiger partial charge in [-0.1, -0.05) is 30.9 Å². The summed E-state index contributed by atoms with van der Waals surface area (Å²) in [6.45, 7) is 10.6. The predicted molar refractivity (Wildman–Crippen MR) is 88.1 cm³/mol. The van der Waals surface area contributed by atoms with Gasteiger partial charge in [0.15, 0.2) is 6.29 Å². The normalized spacial score (nSPS) is 24.7. The van der Waals surface area contributed by atoms with Gasteiger partial charge in [0.1, 0.15) is 26.8 Å². The number of nitrogens with zero attached hydrogens (tertiary/aromatic N) is 3. The molecule has 7 nitrogen and oxygen atoms in total. The lowest BCUT2D eigenvalue weighted by Gasteiger charge is -2.31. The Bertz CT molecular complexity index is 567. The SMILES string of the molecule is CCO[C@@H]1C=C[C@H](n2cc([Si](C)(C)C)nn2)[C@@H](COC(C)=O)O1. The molecular formula is C15H25N3O4Si. The van der Waals surface area contributed by atoms with Crippen molar-refractivity contribution in [2.24, 2.45) is 0 Å². The molecule has 0 saturated carbocycles. The molecule has 0 bridgehead atoms. The lowest BCUT2D eigenvalue weighted by atomic mass is 10.1. The Morgan fingerprint density at radius 2 is 2.13 bits per heavy atom. The van der Waals surface area contributed by atoms with Gasteiger partial charge < -0.3 is 14.2 Å². The van der Waals surface area contributed by atoms with Crippen LogP contribution in [0.2, 0.25) is 19.6 Å². The fourth-order valence-electron chi connectivity index (χ4n) is 2.25. The molecule has 1 aliphatic heterocycles. The average Bonchev–Trinajstić information content (AvgIpc) is 2.95. The standard InChI is InChI=1S/C15H25N3O4Si/c1-6-20-15-8-7-12(13(22-15)10-21-11(2)19)18-9-14(16-17-18)23(3,4)5/h7-9,12-13,15H,6,10H2,1-5H3/t12-,13+,15-/m0/s1. The second-order valence-electron chi connectivity index (χ2n) is 6.51. The molecule has 0 saturated heterocycles. The van der Waals surface area contributed by atoms with Crippen LogP contribution in [0.3, 0.4) is 0 Å². The molecule has 2 rings (SSSR count). The van der Waals surface area contributed by atoms with Crippen molar-refractivity contribution >= 4 is 19.4 Å². The van der Waals surface area contributed by atoms with E-state index in [0.717, 1.165) is 5.32 Å². The molecule has 0 aliphatic carbocycles. The van der Waals surface area contributed by atoms with Gasteiger partial charge in [0.2, 0.25) is 0 Å². The molecule has 2 heterocycles. The zero-order valence-electron chi connectivity index (χ0n) is 14.4. The number of aromatic nitrogens is 3. The summed E-state index contributed by atoms with van der Waals surface area (Å²) in [5.41, 5.74) is 0. The highest BCUT2D eigenvalue weighted by molar-refractivity contribution is 6.88. The summed E-state index contributed by atoms with van der Waals surface area (Å²) in [6, 6.07) is -0.177. The number of hydrogen-bond acceptors (Lipinski definition) is 6. The van der Waals surface area contributed by atoms with Crippen molar-refractivity contribution in [3.05, 3.63) is 18.3 Å². The summed E-state index contributed by atoms with van der Waals surface area (Å²) in [5, 5.41) is 9.57. The summed E-state index contributed by atoms with van der Waals surface area (Å²) in [7, 11) is -1.53. The Morgan fingerprint density at radius 3 is 2.70 bits per heavy atom. The first-order valence-corrected chi connectivity index (χ1v) is 11.3. The number of carbonyl (C=O) groups excluding carboxylic acids is 1. The maximum Gasteiger partial charge on any atom is 0.302 e. The fraction of sp³-hybridized carbons (Fsp3) is 0.667. The van der Waals surface area contributed by atoms with Crippen LogP contribution in [0.4, 0.5) is 0 Å². The summed E-state index contributed by atoms with van der Waals surface area (Å²) < 4.78 is 18.3. The molecule has 0 unspecified atom stereocenters. The van der Waals surface area contributed by atoms with Crippen LogP contribution in [0.25, 0.3) is 0 Å². The predicted octanol–water partition coefficient (Wildman–Crippen LogP) is 1.25. The van der Waals surface area contributed by atoms with E-state index in [1.54, 1.807) is 4.68 Å². The average molecular weight is 339 g/mol. The van der Waals surface area contributed by atoms with Gasteiger partial charge in [0, 0.05) is 19.7 Å². The lowest BCUT2D eigenvalue weighted by Crippen LogP contribution is -2.40.